The highest BCUT2D eigenvalue weighted by Crippen LogP contribution is 2.23. The molecule has 0 heterocycles. The zero-order chi connectivity index (χ0) is 14.5. The highest BCUT2D eigenvalue weighted by Gasteiger charge is 2.21. The molecule has 0 unspecified atom stereocenters. The van der Waals surface area contributed by atoms with Gasteiger partial charge in [0.25, 0.3) is 0 Å². The van der Waals surface area contributed by atoms with Gasteiger partial charge in [-0.1, -0.05) is 47.5 Å². The Morgan fingerprint density at radius 2 is 1.85 bits per heavy atom. The second kappa shape index (κ2) is 6.64. The van der Waals surface area contributed by atoms with Crippen molar-refractivity contribution in [3.63, 3.8) is 0 Å². The molecule has 1 atom stereocenters. The summed E-state index contributed by atoms with van der Waals surface area (Å²) in [4.78, 5) is 11.3. The molecule has 3 nitrogen and oxygen atoms in total. The molecule has 2 aromatic rings. The Hall–Kier alpha value is -1.71. The number of hydrogen-bond donors (Lipinski definition) is 1. The van der Waals surface area contributed by atoms with E-state index in [2.05, 4.69) is 0 Å². The minimum atomic E-state index is -1.04. The maximum atomic E-state index is 11.3. The van der Waals surface area contributed by atoms with E-state index < -0.39 is 12.1 Å². The first-order valence-corrected chi connectivity index (χ1v) is 6.70. The van der Waals surface area contributed by atoms with Gasteiger partial charge in [-0.05, 0) is 29.8 Å². The highest BCUT2D eigenvalue weighted by atomic mass is 35.5. The van der Waals surface area contributed by atoms with Crippen molar-refractivity contribution in [1.82, 2.24) is 0 Å². The van der Waals surface area contributed by atoms with Crippen LogP contribution in [0.15, 0.2) is 48.5 Å². The van der Waals surface area contributed by atoms with Crippen molar-refractivity contribution in [1.29, 1.82) is 0 Å². The largest absolute Gasteiger partial charge is 0.478 e. The number of rotatable bonds is 5. The molecule has 0 aromatic heterocycles. The Morgan fingerprint density at radius 3 is 2.45 bits per heavy atom. The predicted octanol–water partition coefficient (Wildman–Crippen LogP) is 4.07. The fourth-order valence-electron chi connectivity index (χ4n) is 1.73. The number of hydrogen-bond acceptors (Lipinski definition) is 2. The van der Waals surface area contributed by atoms with Crippen molar-refractivity contribution in [3.8, 4) is 5.75 Å². The molecule has 0 saturated carbocycles. The van der Waals surface area contributed by atoms with Gasteiger partial charge in [-0.3, -0.25) is 0 Å². The Kier molecular flexibility index (Phi) is 4.88. The van der Waals surface area contributed by atoms with Gasteiger partial charge in [0.05, 0.1) is 0 Å². The highest BCUT2D eigenvalue weighted by molar-refractivity contribution is 6.35. The van der Waals surface area contributed by atoms with Gasteiger partial charge in [0.1, 0.15) is 5.75 Å². The Bertz CT molecular complexity index is 599. The van der Waals surface area contributed by atoms with Gasteiger partial charge >= 0.3 is 5.97 Å². The molecule has 104 valence electrons. The third kappa shape index (κ3) is 3.89. The molecular weight excluding hydrogens is 299 g/mol. The minimum absolute atomic E-state index is 0.167. The summed E-state index contributed by atoms with van der Waals surface area (Å²) in [6.07, 6.45) is -0.837. The molecule has 0 radical (unpaired) electrons. The van der Waals surface area contributed by atoms with Crippen LogP contribution in [0.3, 0.4) is 0 Å². The molecule has 0 aliphatic carbocycles. The van der Waals surface area contributed by atoms with Crippen molar-refractivity contribution in [3.05, 3.63) is 64.1 Å². The maximum absolute atomic E-state index is 11.3. The lowest BCUT2D eigenvalue weighted by Crippen LogP contribution is -2.29. The summed E-state index contributed by atoms with van der Waals surface area (Å²) in [5, 5.41) is 10.2. The van der Waals surface area contributed by atoms with Crippen LogP contribution in [0.25, 0.3) is 0 Å². The van der Waals surface area contributed by atoms with Gasteiger partial charge in [-0.15, -0.1) is 0 Å². The van der Waals surface area contributed by atoms with E-state index in [1.807, 2.05) is 6.07 Å². The van der Waals surface area contributed by atoms with Crippen molar-refractivity contribution in [2.45, 2.75) is 12.5 Å². The van der Waals surface area contributed by atoms with E-state index >= 15 is 0 Å². The number of halogens is 2. The van der Waals surface area contributed by atoms with Gasteiger partial charge in [-0.2, -0.15) is 0 Å². The van der Waals surface area contributed by atoms with Crippen LogP contribution < -0.4 is 4.74 Å². The second-order valence-electron chi connectivity index (χ2n) is 4.20. The van der Waals surface area contributed by atoms with Crippen LogP contribution in [0.2, 0.25) is 10.0 Å². The monoisotopic (exact) mass is 310 g/mol. The number of benzene rings is 2. The van der Waals surface area contributed by atoms with E-state index in [1.165, 1.54) is 0 Å². The molecular formula is C15H12Cl2O3. The first kappa shape index (κ1) is 14.7. The molecule has 0 bridgehead atoms. The lowest BCUT2D eigenvalue weighted by molar-refractivity contribution is -0.145. The summed E-state index contributed by atoms with van der Waals surface area (Å²) in [6, 6.07) is 13.8. The van der Waals surface area contributed by atoms with Gasteiger partial charge in [0, 0.05) is 16.5 Å². The van der Waals surface area contributed by atoms with Crippen LogP contribution in [0.5, 0.6) is 5.75 Å². The third-order valence-corrected chi connectivity index (χ3v) is 3.30. The fraction of sp³-hybridized carbons (Fsp3) is 0.133. The number of carboxylic acids is 1. The fourth-order valence-corrected chi connectivity index (χ4v) is 2.22. The van der Waals surface area contributed by atoms with Crippen LogP contribution in [-0.2, 0) is 11.2 Å². The van der Waals surface area contributed by atoms with Gasteiger partial charge in [0.15, 0.2) is 6.10 Å². The van der Waals surface area contributed by atoms with Crippen LogP contribution in [-0.4, -0.2) is 17.2 Å². The molecule has 1 N–H and O–H groups in total. The van der Waals surface area contributed by atoms with Crippen molar-refractivity contribution in [2.24, 2.45) is 0 Å². The Labute approximate surface area is 126 Å². The van der Waals surface area contributed by atoms with Crippen molar-refractivity contribution in [2.75, 3.05) is 0 Å². The summed E-state index contributed by atoms with van der Waals surface area (Å²) >= 11 is 11.9. The van der Waals surface area contributed by atoms with Gasteiger partial charge < -0.3 is 9.84 Å². The first-order chi connectivity index (χ1) is 9.56. The van der Waals surface area contributed by atoms with Crippen LogP contribution in [0.4, 0.5) is 0 Å². The Balaban J connectivity index is 2.15. The maximum Gasteiger partial charge on any atom is 0.345 e. The van der Waals surface area contributed by atoms with E-state index in [-0.39, 0.29) is 6.42 Å². The van der Waals surface area contributed by atoms with E-state index in [9.17, 15) is 9.90 Å². The van der Waals surface area contributed by atoms with Gasteiger partial charge in [-0.25, -0.2) is 4.79 Å². The standard InChI is InChI=1S/C15H12Cl2O3/c16-11-7-6-10(13(17)9-11)8-14(15(18)19)20-12-4-2-1-3-5-12/h1-7,9,14H,8H2,(H,18,19)/t14-/m1/s1. The third-order valence-electron chi connectivity index (χ3n) is 2.72. The van der Waals surface area contributed by atoms with Crippen LogP contribution in [0.1, 0.15) is 5.56 Å². The zero-order valence-electron chi connectivity index (χ0n) is 10.4. The van der Waals surface area contributed by atoms with Crippen molar-refractivity contribution < 1.29 is 14.6 Å². The number of carbonyl (C=O) groups is 1. The van der Waals surface area contributed by atoms with E-state index in [0.29, 0.717) is 21.4 Å². The predicted molar refractivity (Wildman–Crippen MR) is 78.7 cm³/mol. The minimum Gasteiger partial charge on any atom is -0.478 e. The molecule has 5 heteroatoms. The average molecular weight is 311 g/mol. The molecule has 20 heavy (non-hydrogen) atoms. The average Bonchev–Trinajstić information content (AvgIpc) is 2.42. The zero-order valence-corrected chi connectivity index (χ0v) is 11.9. The summed E-state index contributed by atoms with van der Waals surface area (Å²) in [5.74, 6) is -0.537. The lowest BCUT2D eigenvalue weighted by atomic mass is 10.1. The van der Waals surface area contributed by atoms with E-state index in [0.717, 1.165) is 0 Å². The number of carboxylic acid groups (broad SMARTS) is 1. The van der Waals surface area contributed by atoms with Gasteiger partial charge in [0.2, 0.25) is 0 Å². The summed E-state index contributed by atoms with van der Waals surface area (Å²) in [6.45, 7) is 0. The topological polar surface area (TPSA) is 46.5 Å². The SMILES string of the molecule is O=C(O)[C@@H](Cc1ccc(Cl)cc1Cl)Oc1ccccc1. The van der Waals surface area contributed by atoms with Crippen molar-refractivity contribution >= 4 is 29.2 Å². The number of aliphatic carboxylic acids is 1. The number of para-hydroxylation sites is 1. The summed E-state index contributed by atoms with van der Waals surface area (Å²) in [5.41, 5.74) is 0.680. The molecule has 0 fully saturated rings. The molecule has 2 aromatic carbocycles. The molecule has 0 amide bonds. The normalized spacial score (nSPS) is 11.9. The Morgan fingerprint density at radius 1 is 1.15 bits per heavy atom. The van der Waals surface area contributed by atoms with Crippen LogP contribution >= 0.6 is 23.2 Å². The molecule has 0 aliphatic rings. The molecule has 0 spiro atoms. The van der Waals surface area contributed by atoms with Crippen LogP contribution in [0, 0.1) is 0 Å². The number of ether oxygens (including phenoxy) is 1. The smallest absolute Gasteiger partial charge is 0.345 e. The summed E-state index contributed by atoms with van der Waals surface area (Å²) < 4.78 is 5.47. The summed E-state index contributed by atoms with van der Waals surface area (Å²) in [7, 11) is 0. The van der Waals surface area contributed by atoms with E-state index in [4.69, 9.17) is 27.9 Å². The quantitative estimate of drug-likeness (QED) is 0.905. The van der Waals surface area contributed by atoms with E-state index in [1.54, 1.807) is 42.5 Å². The molecule has 2 rings (SSSR count). The molecule has 0 saturated heterocycles. The second-order valence-corrected chi connectivity index (χ2v) is 5.04. The molecule has 0 aliphatic heterocycles. The lowest BCUT2D eigenvalue weighted by Gasteiger charge is -2.16. The first-order valence-electron chi connectivity index (χ1n) is 5.94.